The topological polar surface area (TPSA) is 12.0 Å². The molecule has 0 aromatic carbocycles. The zero-order chi connectivity index (χ0) is 11.2. The molecule has 2 unspecified atom stereocenters. The van der Waals surface area contributed by atoms with E-state index in [1.807, 2.05) is 0 Å². The van der Waals surface area contributed by atoms with Gasteiger partial charge >= 0.3 is 0 Å². The third-order valence-corrected chi connectivity index (χ3v) is 3.33. The van der Waals surface area contributed by atoms with E-state index in [1.54, 1.807) is 0 Å². The summed E-state index contributed by atoms with van der Waals surface area (Å²) in [5.41, 5.74) is 0.486. The molecule has 0 amide bonds. The predicted molar refractivity (Wildman–Crippen MR) is 65.6 cm³/mol. The highest BCUT2D eigenvalue weighted by atomic mass is 14.9. The molecule has 0 aromatic heterocycles. The minimum atomic E-state index is 0.486. The van der Waals surface area contributed by atoms with Crippen LogP contribution < -0.4 is 5.32 Å². The van der Waals surface area contributed by atoms with Crippen LogP contribution in [0.3, 0.4) is 0 Å². The van der Waals surface area contributed by atoms with Crippen LogP contribution in [0.2, 0.25) is 0 Å². The zero-order valence-electron chi connectivity index (χ0n) is 11.0. The lowest BCUT2D eigenvalue weighted by Crippen LogP contribution is -2.36. The molecule has 86 valence electrons. The van der Waals surface area contributed by atoms with Gasteiger partial charge in [-0.3, -0.25) is 0 Å². The standard InChI is InChI=1S/C13H29N/c1-7-12(5)9-13(6,8-2)10-14-11(3)4/h11-12,14H,7-10H2,1-6H3. The first kappa shape index (κ1) is 14.0. The lowest BCUT2D eigenvalue weighted by Gasteiger charge is -2.32. The fourth-order valence-electron chi connectivity index (χ4n) is 1.78. The fraction of sp³-hybridized carbons (Fsp3) is 1.00. The molecule has 1 N–H and O–H groups in total. The summed E-state index contributed by atoms with van der Waals surface area (Å²) < 4.78 is 0. The lowest BCUT2D eigenvalue weighted by atomic mass is 9.78. The van der Waals surface area contributed by atoms with Crippen LogP contribution >= 0.6 is 0 Å². The van der Waals surface area contributed by atoms with Crippen molar-refractivity contribution in [2.24, 2.45) is 11.3 Å². The van der Waals surface area contributed by atoms with Crippen LogP contribution in [-0.2, 0) is 0 Å². The number of hydrogen-bond acceptors (Lipinski definition) is 1. The van der Waals surface area contributed by atoms with Crippen LogP contribution in [0.5, 0.6) is 0 Å². The van der Waals surface area contributed by atoms with Crippen LogP contribution in [0.15, 0.2) is 0 Å². The molecule has 0 radical (unpaired) electrons. The maximum absolute atomic E-state index is 3.57. The summed E-state index contributed by atoms with van der Waals surface area (Å²) in [5.74, 6) is 0.855. The Kier molecular flexibility index (Phi) is 6.43. The molecule has 0 aromatic rings. The summed E-state index contributed by atoms with van der Waals surface area (Å²) in [5, 5.41) is 3.57. The molecule has 2 atom stereocenters. The summed E-state index contributed by atoms with van der Waals surface area (Å²) in [6, 6.07) is 0.609. The Bertz CT molecular complexity index is 142. The van der Waals surface area contributed by atoms with Gasteiger partial charge in [0.25, 0.3) is 0 Å². The van der Waals surface area contributed by atoms with Crippen molar-refractivity contribution in [3.63, 3.8) is 0 Å². The Morgan fingerprint density at radius 2 is 1.71 bits per heavy atom. The average Bonchev–Trinajstić information content (AvgIpc) is 2.14. The second kappa shape index (κ2) is 6.44. The van der Waals surface area contributed by atoms with Crippen LogP contribution in [0.25, 0.3) is 0 Å². The van der Waals surface area contributed by atoms with E-state index in [-0.39, 0.29) is 0 Å². The molecule has 1 nitrogen and oxygen atoms in total. The van der Waals surface area contributed by atoms with Gasteiger partial charge in [0.05, 0.1) is 0 Å². The molecule has 1 heteroatoms. The first-order valence-corrected chi connectivity index (χ1v) is 6.17. The maximum atomic E-state index is 3.57. The first-order valence-electron chi connectivity index (χ1n) is 6.17. The van der Waals surface area contributed by atoms with Gasteiger partial charge < -0.3 is 5.32 Å². The van der Waals surface area contributed by atoms with Crippen molar-refractivity contribution in [3.8, 4) is 0 Å². The highest BCUT2D eigenvalue weighted by molar-refractivity contribution is 4.78. The van der Waals surface area contributed by atoms with E-state index in [0.717, 1.165) is 12.5 Å². The molecule has 14 heavy (non-hydrogen) atoms. The van der Waals surface area contributed by atoms with Crippen LogP contribution in [-0.4, -0.2) is 12.6 Å². The van der Waals surface area contributed by atoms with Gasteiger partial charge in [0.2, 0.25) is 0 Å². The van der Waals surface area contributed by atoms with Gasteiger partial charge in [-0.25, -0.2) is 0 Å². The summed E-state index contributed by atoms with van der Waals surface area (Å²) in [4.78, 5) is 0. The van der Waals surface area contributed by atoms with Crippen molar-refractivity contribution in [2.75, 3.05) is 6.54 Å². The van der Waals surface area contributed by atoms with Crippen molar-refractivity contribution in [1.82, 2.24) is 5.32 Å². The largest absolute Gasteiger partial charge is 0.314 e. The van der Waals surface area contributed by atoms with Gasteiger partial charge in [-0.15, -0.1) is 0 Å². The average molecular weight is 199 g/mol. The van der Waals surface area contributed by atoms with Crippen molar-refractivity contribution in [1.29, 1.82) is 0 Å². The number of rotatable bonds is 7. The minimum Gasteiger partial charge on any atom is -0.314 e. The summed E-state index contributed by atoms with van der Waals surface area (Å²) in [6.07, 6.45) is 3.92. The normalized spacial score (nSPS) is 18.2. The van der Waals surface area contributed by atoms with Gasteiger partial charge in [0, 0.05) is 12.6 Å². The quantitative estimate of drug-likeness (QED) is 0.657. The molecule has 0 spiro atoms. The third-order valence-electron chi connectivity index (χ3n) is 3.33. The molecule has 0 heterocycles. The van der Waals surface area contributed by atoms with Gasteiger partial charge in [0.15, 0.2) is 0 Å². The molecule has 0 aliphatic carbocycles. The Morgan fingerprint density at radius 1 is 1.14 bits per heavy atom. The molecule has 0 bridgehead atoms. The SMILES string of the molecule is CCC(C)CC(C)(CC)CNC(C)C. The van der Waals surface area contributed by atoms with Crippen LogP contribution in [0, 0.1) is 11.3 Å². The Morgan fingerprint density at radius 3 is 2.07 bits per heavy atom. The first-order chi connectivity index (χ1) is 6.43. The van der Waals surface area contributed by atoms with Crippen molar-refractivity contribution >= 4 is 0 Å². The number of hydrogen-bond donors (Lipinski definition) is 1. The Balaban J connectivity index is 4.03. The monoisotopic (exact) mass is 199 g/mol. The predicted octanol–water partition coefficient (Wildman–Crippen LogP) is 3.84. The minimum absolute atomic E-state index is 0.486. The second-order valence-corrected chi connectivity index (χ2v) is 5.42. The van der Waals surface area contributed by atoms with Crippen molar-refractivity contribution < 1.29 is 0 Å². The smallest absolute Gasteiger partial charge is 0.00106 e. The van der Waals surface area contributed by atoms with Crippen molar-refractivity contribution in [2.45, 2.75) is 66.8 Å². The fourth-order valence-corrected chi connectivity index (χ4v) is 1.78. The molecule has 0 rings (SSSR count). The summed E-state index contributed by atoms with van der Waals surface area (Å²) in [6.45, 7) is 15.0. The van der Waals surface area contributed by atoms with E-state index < -0.39 is 0 Å². The van der Waals surface area contributed by atoms with Gasteiger partial charge in [0.1, 0.15) is 0 Å². The number of nitrogens with one attached hydrogen (secondary N) is 1. The maximum Gasteiger partial charge on any atom is 0.00106 e. The molecule has 0 saturated carbocycles. The van der Waals surface area contributed by atoms with E-state index in [1.165, 1.54) is 19.3 Å². The van der Waals surface area contributed by atoms with Crippen LogP contribution in [0.1, 0.15) is 60.8 Å². The summed E-state index contributed by atoms with van der Waals surface area (Å²) >= 11 is 0. The highest BCUT2D eigenvalue weighted by Gasteiger charge is 2.23. The van der Waals surface area contributed by atoms with E-state index in [4.69, 9.17) is 0 Å². The molecule has 0 fully saturated rings. The van der Waals surface area contributed by atoms with Gasteiger partial charge in [-0.2, -0.15) is 0 Å². The lowest BCUT2D eigenvalue weighted by molar-refractivity contribution is 0.219. The molecule has 0 aliphatic heterocycles. The Labute approximate surface area is 90.7 Å². The second-order valence-electron chi connectivity index (χ2n) is 5.42. The zero-order valence-corrected chi connectivity index (χ0v) is 11.0. The molecule has 0 saturated heterocycles. The van der Waals surface area contributed by atoms with E-state index >= 15 is 0 Å². The Hall–Kier alpha value is -0.0400. The highest BCUT2D eigenvalue weighted by Crippen LogP contribution is 2.30. The third kappa shape index (κ3) is 5.64. The molecular weight excluding hydrogens is 170 g/mol. The van der Waals surface area contributed by atoms with Crippen molar-refractivity contribution in [3.05, 3.63) is 0 Å². The van der Waals surface area contributed by atoms with Gasteiger partial charge in [-0.05, 0) is 24.2 Å². The molecular formula is C13H29N. The van der Waals surface area contributed by atoms with Gasteiger partial charge in [-0.1, -0.05) is 48.0 Å². The molecule has 0 aliphatic rings. The van der Waals surface area contributed by atoms with E-state index in [0.29, 0.717) is 11.5 Å². The van der Waals surface area contributed by atoms with E-state index in [2.05, 4.69) is 46.9 Å². The van der Waals surface area contributed by atoms with Crippen LogP contribution in [0.4, 0.5) is 0 Å². The summed E-state index contributed by atoms with van der Waals surface area (Å²) in [7, 11) is 0. The van der Waals surface area contributed by atoms with E-state index in [9.17, 15) is 0 Å².